The van der Waals surface area contributed by atoms with E-state index in [1.807, 2.05) is 47.7 Å². The highest BCUT2D eigenvalue weighted by molar-refractivity contribution is 8.00. The smallest absolute Gasteiger partial charge is 0.254 e. The number of aromatic nitrogens is 2. The number of hydrogen-bond acceptors (Lipinski definition) is 7. The maximum absolute atomic E-state index is 13.1. The first kappa shape index (κ1) is 18.5. The Morgan fingerprint density at radius 1 is 1.19 bits per heavy atom. The largest absolute Gasteiger partial charge is 0.345 e. The predicted octanol–water partition coefficient (Wildman–Crippen LogP) is 4.16. The highest BCUT2D eigenvalue weighted by atomic mass is 32.2. The monoisotopic (exact) mass is 416 g/mol. The van der Waals surface area contributed by atoms with Crippen LogP contribution < -0.4 is 4.90 Å². The van der Waals surface area contributed by atoms with Crippen molar-refractivity contribution in [2.24, 2.45) is 0 Å². The third-order valence-electron chi connectivity index (χ3n) is 4.45. The summed E-state index contributed by atoms with van der Waals surface area (Å²) in [7, 11) is 0. The number of amides is 1. The first-order valence-corrected chi connectivity index (χ1v) is 11.5. The molecule has 0 spiro atoms. The Hall–Kier alpha value is -1.90. The van der Waals surface area contributed by atoms with Crippen molar-refractivity contribution >= 4 is 45.5 Å². The molecule has 0 atom stereocenters. The number of thioether (sulfide) groups is 1. The van der Waals surface area contributed by atoms with E-state index in [4.69, 9.17) is 0 Å². The first-order valence-electron chi connectivity index (χ1n) is 8.77. The van der Waals surface area contributed by atoms with E-state index < -0.39 is 0 Å². The number of anilines is 1. The van der Waals surface area contributed by atoms with Gasteiger partial charge in [-0.3, -0.25) is 4.79 Å². The zero-order valence-electron chi connectivity index (χ0n) is 15.0. The molecule has 1 aliphatic heterocycles. The van der Waals surface area contributed by atoms with Gasteiger partial charge in [0.15, 0.2) is 5.13 Å². The zero-order valence-corrected chi connectivity index (χ0v) is 17.4. The molecule has 27 heavy (non-hydrogen) atoms. The van der Waals surface area contributed by atoms with Crippen LogP contribution >= 0.6 is 34.4 Å². The van der Waals surface area contributed by atoms with E-state index in [-0.39, 0.29) is 5.91 Å². The van der Waals surface area contributed by atoms with Crippen LogP contribution in [-0.2, 0) is 5.75 Å². The van der Waals surface area contributed by atoms with Gasteiger partial charge in [-0.15, -0.1) is 22.7 Å². The first-order chi connectivity index (χ1) is 13.2. The molecule has 8 heteroatoms. The lowest BCUT2D eigenvalue weighted by Crippen LogP contribution is -2.49. The van der Waals surface area contributed by atoms with Gasteiger partial charge in [0.05, 0.1) is 0 Å². The molecule has 0 radical (unpaired) electrons. The van der Waals surface area contributed by atoms with Crippen LogP contribution in [0.25, 0.3) is 0 Å². The van der Waals surface area contributed by atoms with Gasteiger partial charge in [-0.25, -0.2) is 9.97 Å². The van der Waals surface area contributed by atoms with Gasteiger partial charge in [-0.05, 0) is 18.6 Å². The van der Waals surface area contributed by atoms with E-state index in [0.717, 1.165) is 58.2 Å². The van der Waals surface area contributed by atoms with Crippen molar-refractivity contribution in [3.8, 4) is 0 Å². The molecule has 4 rings (SSSR count). The molecule has 1 saturated heterocycles. The van der Waals surface area contributed by atoms with Crippen molar-refractivity contribution in [3.05, 3.63) is 58.0 Å². The van der Waals surface area contributed by atoms with E-state index >= 15 is 0 Å². The summed E-state index contributed by atoms with van der Waals surface area (Å²) in [5.74, 6) is 0.883. The predicted molar refractivity (Wildman–Crippen MR) is 113 cm³/mol. The van der Waals surface area contributed by atoms with Crippen LogP contribution in [0.3, 0.4) is 0 Å². The Morgan fingerprint density at radius 2 is 2.00 bits per heavy atom. The van der Waals surface area contributed by atoms with Crippen molar-refractivity contribution < 1.29 is 4.79 Å². The minimum absolute atomic E-state index is 0.125. The average molecular weight is 417 g/mol. The quantitative estimate of drug-likeness (QED) is 0.585. The third-order valence-corrected chi connectivity index (χ3v) is 7.47. The van der Waals surface area contributed by atoms with Crippen molar-refractivity contribution in [2.75, 3.05) is 31.1 Å². The normalized spacial score (nSPS) is 14.6. The zero-order chi connectivity index (χ0) is 18.6. The summed E-state index contributed by atoms with van der Waals surface area (Å²) in [6, 6.07) is 7.94. The SMILES string of the molecule is Cc1csc(SCc2ccccc2C(=O)N2CCN(c3nccs3)CC2)n1. The molecule has 5 nitrogen and oxygen atoms in total. The maximum atomic E-state index is 13.1. The molecule has 2 aromatic heterocycles. The lowest BCUT2D eigenvalue weighted by atomic mass is 10.1. The molecule has 1 aliphatic rings. The molecule has 0 bridgehead atoms. The molecular weight excluding hydrogens is 396 g/mol. The summed E-state index contributed by atoms with van der Waals surface area (Å²) < 4.78 is 1.05. The van der Waals surface area contributed by atoms with Gasteiger partial charge in [-0.2, -0.15) is 0 Å². The fourth-order valence-electron chi connectivity index (χ4n) is 3.04. The van der Waals surface area contributed by atoms with E-state index in [2.05, 4.69) is 20.2 Å². The highest BCUT2D eigenvalue weighted by Crippen LogP contribution is 2.28. The topological polar surface area (TPSA) is 49.3 Å². The molecule has 0 aliphatic carbocycles. The maximum Gasteiger partial charge on any atom is 0.254 e. The fraction of sp³-hybridized carbons (Fsp3) is 0.316. The molecule has 3 aromatic rings. The van der Waals surface area contributed by atoms with Gasteiger partial charge < -0.3 is 9.80 Å². The van der Waals surface area contributed by atoms with Crippen LogP contribution in [0.1, 0.15) is 21.6 Å². The molecule has 3 heterocycles. The molecular formula is C19H20N4OS3. The Bertz CT molecular complexity index is 901. The second-order valence-corrected chi connectivity index (χ2v) is 9.25. The summed E-state index contributed by atoms with van der Waals surface area (Å²) in [5, 5.41) is 5.09. The van der Waals surface area contributed by atoms with Gasteiger partial charge in [-0.1, -0.05) is 30.0 Å². The number of thiazole rings is 2. The van der Waals surface area contributed by atoms with Crippen LogP contribution in [-0.4, -0.2) is 47.0 Å². The Kier molecular flexibility index (Phi) is 5.75. The van der Waals surface area contributed by atoms with E-state index in [9.17, 15) is 4.79 Å². The van der Waals surface area contributed by atoms with Crippen molar-refractivity contribution in [2.45, 2.75) is 17.0 Å². The highest BCUT2D eigenvalue weighted by Gasteiger charge is 2.24. The summed E-state index contributed by atoms with van der Waals surface area (Å²) in [6.07, 6.45) is 1.83. The lowest BCUT2D eigenvalue weighted by Gasteiger charge is -2.34. The van der Waals surface area contributed by atoms with E-state index in [1.54, 1.807) is 34.4 Å². The fourth-order valence-corrected chi connectivity index (χ4v) is 5.59. The number of hydrogen-bond donors (Lipinski definition) is 0. The molecule has 1 amide bonds. The molecule has 0 saturated carbocycles. The summed E-state index contributed by atoms with van der Waals surface area (Å²) in [4.78, 5) is 26.2. The number of carbonyl (C=O) groups excluding carboxylic acids is 1. The Balaban J connectivity index is 1.41. The van der Waals surface area contributed by atoms with Crippen molar-refractivity contribution in [3.63, 3.8) is 0 Å². The second-order valence-electron chi connectivity index (χ2n) is 6.29. The van der Waals surface area contributed by atoms with Crippen LogP contribution in [0.5, 0.6) is 0 Å². The van der Waals surface area contributed by atoms with Gasteiger partial charge in [0.25, 0.3) is 5.91 Å². The lowest BCUT2D eigenvalue weighted by molar-refractivity contribution is 0.0746. The van der Waals surface area contributed by atoms with Crippen LogP contribution in [0, 0.1) is 6.92 Å². The number of nitrogens with zero attached hydrogens (tertiary/aromatic N) is 4. The number of benzene rings is 1. The number of piperazine rings is 1. The van der Waals surface area contributed by atoms with Gasteiger partial charge in [0.2, 0.25) is 0 Å². The van der Waals surface area contributed by atoms with Crippen LogP contribution in [0.4, 0.5) is 5.13 Å². The summed E-state index contributed by atoms with van der Waals surface area (Å²) >= 11 is 5.00. The minimum Gasteiger partial charge on any atom is -0.345 e. The molecule has 0 N–H and O–H groups in total. The average Bonchev–Trinajstić information content (AvgIpc) is 3.38. The molecule has 1 fully saturated rings. The van der Waals surface area contributed by atoms with Gasteiger partial charge >= 0.3 is 0 Å². The molecule has 0 unspecified atom stereocenters. The van der Waals surface area contributed by atoms with Crippen LogP contribution in [0.2, 0.25) is 0 Å². The van der Waals surface area contributed by atoms with E-state index in [0.29, 0.717) is 0 Å². The number of carbonyl (C=O) groups is 1. The van der Waals surface area contributed by atoms with Crippen molar-refractivity contribution in [1.82, 2.24) is 14.9 Å². The van der Waals surface area contributed by atoms with Gasteiger partial charge in [0, 0.05) is 60.1 Å². The second kappa shape index (κ2) is 8.41. The Morgan fingerprint density at radius 3 is 2.70 bits per heavy atom. The summed E-state index contributed by atoms with van der Waals surface area (Å²) in [5.41, 5.74) is 2.92. The number of aryl methyl sites for hydroxylation is 1. The Labute approximate surface area is 171 Å². The van der Waals surface area contributed by atoms with Crippen LogP contribution in [0.15, 0.2) is 45.6 Å². The van der Waals surface area contributed by atoms with E-state index in [1.165, 1.54) is 0 Å². The summed E-state index contributed by atoms with van der Waals surface area (Å²) in [6.45, 7) is 5.11. The standard InChI is InChI=1S/C19H20N4OS3/c1-14-12-26-19(21-14)27-13-15-4-2-3-5-16(15)17(24)22-7-9-23(10-8-22)18-20-6-11-25-18/h2-6,11-12H,7-10,13H2,1H3. The van der Waals surface area contributed by atoms with Gasteiger partial charge in [0.1, 0.15) is 4.34 Å². The minimum atomic E-state index is 0.125. The molecule has 1 aromatic carbocycles. The third kappa shape index (κ3) is 4.34. The van der Waals surface area contributed by atoms with Crippen molar-refractivity contribution in [1.29, 1.82) is 0 Å². The number of rotatable bonds is 5. The molecule has 140 valence electrons.